The fraction of sp³-hybridized carbons (Fsp3) is 0.667. The average Bonchev–Trinajstić information content (AvgIpc) is 3.15. The molecule has 1 unspecified atom stereocenters. The first-order valence-corrected chi connectivity index (χ1v) is 9.97. The minimum absolute atomic E-state index is 0. The first-order chi connectivity index (χ1) is 12.2. The van der Waals surface area contributed by atoms with Gasteiger partial charge in [-0.2, -0.15) is 0 Å². The van der Waals surface area contributed by atoms with Gasteiger partial charge in [-0.05, 0) is 74.8 Å². The molecular weight excluding hydrogens is 381 g/mol. The molecule has 0 bridgehead atoms. The summed E-state index contributed by atoms with van der Waals surface area (Å²) < 4.78 is 0. The lowest BCUT2D eigenvalue weighted by Gasteiger charge is -2.30. The maximum atomic E-state index is 12.2. The second-order valence-electron chi connectivity index (χ2n) is 7.90. The van der Waals surface area contributed by atoms with Crippen molar-refractivity contribution < 1.29 is 4.79 Å². The first-order valence-electron chi connectivity index (χ1n) is 9.97. The van der Waals surface area contributed by atoms with Gasteiger partial charge in [0, 0.05) is 19.5 Å². The van der Waals surface area contributed by atoms with Gasteiger partial charge in [0.05, 0.1) is 0 Å². The molecule has 1 aromatic carbocycles. The molecule has 0 saturated carbocycles. The van der Waals surface area contributed by atoms with Gasteiger partial charge in [-0.15, -0.1) is 24.8 Å². The Balaban J connectivity index is 0.00000182. The molecular formula is C21H35Cl2N3O. The number of carbonyl (C=O) groups is 1. The standard InChI is InChI=1S/C21H33N3O.2ClH/c1-17-9-12-24(13-10-17)16-20-5-3-2-4-19(20)15-23-21(25)7-6-18-8-11-22-14-18;;/h2-5,17-18,22H,6-16H2,1H3,(H,23,25);2*1H. The first kappa shape index (κ1) is 24.2. The topological polar surface area (TPSA) is 44.4 Å². The molecule has 2 N–H and O–H groups in total. The normalized spacial score (nSPS) is 20.6. The highest BCUT2D eigenvalue weighted by Gasteiger charge is 2.18. The van der Waals surface area contributed by atoms with Gasteiger partial charge >= 0.3 is 0 Å². The Hall–Kier alpha value is -0.810. The van der Waals surface area contributed by atoms with Crippen LogP contribution in [0.2, 0.25) is 0 Å². The Kier molecular flexibility index (Phi) is 11.3. The highest BCUT2D eigenvalue weighted by molar-refractivity contribution is 5.85. The van der Waals surface area contributed by atoms with E-state index in [1.807, 2.05) is 0 Å². The second-order valence-corrected chi connectivity index (χ2v) is 7.90. The van der Waals surface area contributed by atoms with Crippen LogP contribution < -0.4 is 10.6 Å². The Labute approximate surface area is 176 Å². The van der Waals surface area contributed by atoms with Gasteiger partial charge in [-0.3, -0.25) is 9.69 Å². The van der Waals surface area contributed by atoms with E-state index in [-0.39, 0.29) is 30.7 Å². The fourth-order valence-electron chi connectivity index (χ4n) is 3.92. The van der Waals surface area contributed by atoms with Crippen molar-refractivity contribution in [1.29, 1.82) is 0 Å². The summed E-state index contributed by atoms with van der Waals surface area (Å²) in [4.78, 5) is 14.7. The summed E-state index contributed by atoms with van der Waals surface area (Å²) >= 11 is 0. The number of nitrogens with one attached hydrogen (secondary N) is 2. The summed E-state index contributed by atoms with van der Waals surface area (Å²) in [7, 11) is 0. The molecule has 27 heavy (non-hydrogen) atoms. The summed E-state index contributed by atoms with van der Waals surface area (Å²) in [5.41, 5.74) is 2.62. The number of piperidine rings is 1. The minimum atomic E-state index is 0. The molecule has 1 aromatic rings. The lowest BCUT2D eigenvalue weighted by atomic mass is 9.98. The predicted molar refractivity (Wildman–Crippen MR) is 117 cm³/mol. The number of halogens is 2. The number of amides is 1. The van der Waals surface area contributed by atoms with Gasteiger partial charge in [-0.1, -0.05) is 31.2 Å². The van der Waals surface area contributed by atoms with Crippen molar-refractivity contribution in [1.82, 2.24) is 15.5 Å². The van der Waals surface area contributed by atoms with Crippen LogP contribution in [0.1, 0.15) is 50.2 Å². The molecule has 2 saturated heterocycles. The van der Waals surface area contributed by atoms with Gasteiger partial charge in [0.1, 0.15) is 0 Å². The third-order valence-electron chi connectivity index (χ3n) is 5.81. The van der Waals surface area contributed by atoms with Crippen molar-refractivity contribution in [3.8, 4) is 0 Å². The van der Waals surface area contributed by atoms with Crippen LogP contribution in [0.5, 0.6) is 0 Å². The van der Waals surface area contributed by atoms with E-state index >= 15 is 0 Å². The third kappa shape index (κ3) is 7.98. The van der Waals surface area contributed by atoms with Crippen molar-refractivity contribution in [2.45, 2.75) is 52.1 Å². The zero-order valence-corrected chi connectivity index (χ0v) is 18.0. The fourth-order valence-corrected chi connectivity index (χ4v) is 3.92. The molecule has 0 spiro atoms. The molecule has 2 aliphatic heterocycles. The summed E-state index contributed by atoms with van der Waals surface area (Å²) in [6, 6.07) is 8.56. The Morgan fingerprint density at radius 3 is 2.52 bits per heavy atom. The van der Waals surface area contributed by atoms with Gasteiger partial charge in [0.25, 0.3) is 0 Å². The summed E-state index contributed by atoms with van der Waals surface area (Å²) in [5.74, 6) is 1.73. The Morgan fingerprint density at radius 2 is 1.85 bits per heavy atom. The monoisotopic (exact) mass is 415 g/mol. The minimum Gasteiger partial charge on any atom is -0.352 e. The summed E-state index contributed by atoms with van der Waals surface area (Å²) in [6.07, 6.45) is 5.47. The van der Waals surface area contributed by atoms with Crippen LogP contribution in [0, 0.1) is 11.8 Å². The lowest BCUT2D eigenvalue weighted by Crippen LogP contribution is -2.33. The molecule has 154 valence electrons. The van der Waals surface area contributed by atoms with E-state index in [0.717, 1.165) is 32.0 Å². The highest BCUT2D eigenvalue weighted by Crippen LogP contribution is 2.20. The van der Waals surface area contributed by atoms with Crippen molar-refractivity contribution >= 4 is 30.7 Å². The number of carbonyl (C=O) groups excluding carboxylic acids is 1. The van der Waals surface area contributed by atoms with E-state index < -0.39 is 0 Å². The molecule has 6 heteroatoms. The largest absolute Gasteiger partial charge is 0.352 e. The van der Waals surface area contributed by atoms with E-state index in [4.69, 9.17) is 0 Å². The molecule has 0 aromatic heterocycles. The van der Waals surface area contributed by atoms with Gasteiger partial charge in [0.2, 0.25) is 5.91 Å². The molecule has 0 radical (unpaired) electrons. The maximum Gasteiger partial charge on any atom is 0.220 e. The Morgan fingerprint density at radius 1 is 1.15 bits per heavy atom. The molecule has 4 nitrogen and oxygen atoms in total. The maximum absolute atomic E-state index is 12.2. The van der Waals surface area contributed by atoms with E-state index in [9.17, 15) is 4.79 Å². The van der Waals surface area contributed by atoms with Gasteiger partial charge < -0.3 is 10.6 Å². The molecule has 1 atom stereocenters. The van der Waals surface area contributed by atoms with E-state index in [1.165, 1.54) is 43.5 Å². The Bertz CT molecular complexity index is 556. The predicted octanol–water partition coefficient (Wildman–Crippen LogP) is 3.77. The molecule has 2 aliphatic rings. The number of hydrogen-bond donors (Lipinski definition) is 2. The average molecular weight is 416 g/mol. The van der Waals surface area contributed by atoms with Crippen molar-refractivity contribution in [2.75, 3.05) is 26.2 Å². The number of hydrogen-bond acceptors (Lipinski definition) is 3. The van der Waals surface area contributed by atoms with E-state index in [0.29, 0.717) is 18.9 Å². The van der Waals surface area contributed by atoms with Crippen LogP contribution in [0.15, 0.2) is 24.3 Å². The molecule has 3 rings (SSSR count). The van der Waals surface area contributed by atoms with Crippen molar-refractivity contribution in [3.05, 3.63) is 35.4 Å². The van der Waals surface area contributed by atoms with Crippen LogP contribution in [0.25, 0.3) is 0 Å². The van der Waals surface area contributed by atoms with Crippen molar-refractivity contribution in [2.24, 2.45) is 11.8 Å². The van der Waals surface area contributed by atoms with Crippen molar-refractivity contribution in [3.63, 3.8) is 0 Å². The van der Waals surface area contributed by atoms with Crippen LogP contribution in [-0.2, 0) is 17.9 Å². The lowest BCUT2D eigenvalue weighted by molar-refractivity contribution is -0.121. The number of benzene rings is 1. The third-order valence-corrected chi connectivity index (χ3v) is 5.81. The number of likely N-dealkylation sites (tertiary alicyclic amines) is 1. The second kappa shape index (κ2) is 12.6. The van der Waals surface area contributed by atoms with E-state index in [2.05, 4.69) is 46.7 Å². The molecule has 2 fully saturated rings. The smallest absolute Gasteiger partial charge is 0.220 e. The zero-order valence-electron chi connectivity index (χ0n) is 16.4. The zero-order chi connectivity index (χ0) is 17.5. The van der Waals surface area contributed by atoms with Crippen LogP contribution in [0.3, 0.4) is 0 Å². The highest BCUT2D eigenvalue weighted by atomic mass is 35.5. The van der Waals surface area contributed by atoms with Crippen LogP contribution in [0.4, 0.5) is 0 Å². The molecule has 0 aliphatic carbocycles. The van der Waals surface area contributed by atoms with Gasteiger partial charge in [-0.25, -0.2) is 0 Å². The van der Waals surface area contributed by atoms with E-state index in [1.54, 1.807) is 0 Å². The van der Waals surface area contributed by atoms with Crippen LogP contribution in [-0.4, -0.2) is 37.0 Å². The molecule has 1 amide bonds. The van der Waals surface area contributed by atoms with Gasteiger partial charge in [0.15, 0.2) is 0 Å². The number of rotatable bonds is 7. The summed E-state index contributed by atoms with van der Waals surface area (Å²) in [5, 5.41) is 6.50. The SMILES string of the molecule is CC1CCN(Cc2ccccc2CNC(=O)CCC2CCNC2)CC1.Cl.Cl. The van der Waals surface area contributed by atoms with Crippen LogP contribution >= 0.6 is 24.8 Å². The number of nitrogens with zero attached hydrogens (tertiary/aromatic N) is 1. The molecule has 2 heterocycles. The quantitative estimate of drug-likeness (QED) is 0.711. The summed E-state index contributed by atoms with van der Waals surface area (Å²) in [6.45, 7) is 8.57.